The van der Waals surface area contributed by atoms with Crippen LogP contribution in [0.4, 0.5) is 8.78 Å². The predicted octanol–water partition coefficient (Wildman–Crippen LogP) is 0.572. The normalized spacial score (nSPS) is 10.4. The predicted molar refractivity (Wildman–Crippen MR) is 49.8 cm³/mol. The molecule has 74 valence electrons. The van der Waals surface area contributed by atoms with Crippen molar-refractivity contribution in [2.24, 2.45) is 21.7 Å². The minimum absolute atomic E-state index is 0.0185. The molecular formula is C8H8F2N4. The Morgan fingerprint density at radius 2 is 2.00 bits per heavy atom. The molecule has 0 amide bonds. The SMILES string of the molecule is NC(N)=NN=Cc1cc(F)ccc1F. The summed E-state index contributed by atoms with van der Waals surface area (Å²) in [5.74, 6) is -1.41. The number of hydrogen-bond donors (Lipinski definition) is 2. The summed E-state index contributed by atoms with van der Waals surface area (Å²) in [7, 11) is 0. The fraction of sp³-hybridized carbons (Fsp3) is 0. The highest BCUT2D eigenvalue weighted by Gasteiger charge is 1.99. The first-order chi connectivity index (χ1) is 6.59. The van der Waals surface area contributed by atoms with E-state index in [0.717, 1.165) is 24.4 Å². The lowest BCUT2D eigenvalue weighted by Gasteiger charge is -1.94. The molecule has 0 spiro atoms. The van der Waals surface area contributed by atoms with Crippen LogP contribution in [0.2, 0.25) is 0 Å². The van der Waals surface area contributed by atoms with Gasteiger partial charge in [0.05, 0.1) is 6.21 Å². The van der Waals surface area contributed by atoms with Crippen molar-refractivity contribution in [1.29, 1.82) is 0 Å². The van der Waals surface area contributed by atoms with Crippen LogP contribution in [0.1, 0.15) is 5.56 Å². The summed E-state index contributed by atoms with van der Waals surface area (Å²) in [6, 6.07) is 2.99. The van der Waals surface area contributed by atoms with Crippen molar-refractivity contribution in [2.75, 3.05) is 0 Å². The number of nitrogens with zero attached hydrogens (tertiary/aromatic N) is 2. The van der Waals surface area contributed by atoms with E-state index in [9.17, 15) is 8.78 Å². The Morgan fingerprint density at radius 3 is 2.64 bits per heavy atom. The van der Waals surface area contributed by atoms with Crippen LogP contribution in [0.25, 0.3) is 0 Å². The Hall–Kier alpha value is -1.98. The lowest BCUT2D eigenvalue weighted by atomic mass is 10.2. The van der Waals surface area contributed by atoms with E-state index in [1.54, 1.807) is 0 Å². The van der Waals surface area contributed by atoms with Crippen LogP contribution in [0.3, 0.4) is 0 Å². The van der Waals surface area contributed by atoms with Gasteiger partial charge in [0, 0.05) is 5.56 Å². The van der Waals surface area contributed by atoms with Crippen molar-refractivity contribution >= 4 is 12.2 Å². The van der Waals surface area contributed by atoms with Crippen LogP contribution >= 0.6 is 0 Å². The zero-order chi connectivity index (χ0) is 10.6. The quantitative estimate of drug-likeness (QED) is 0.414. The molecule has 0 aliphatic heterocycles. The van der Waals surface area contributed by atoms with E-state index in [0.29, 0.717) is 0 Å². The first-order valence-corrected chi connectivity index (χ1v) is 3.66. The summed E-state index contributed by atoms with van der Waals surface area (Å²) in [5.41, 5.74) is 9.92. The van der Waals surface area contributed by atoms with Gasteiger partial charge in [-0.2, -0.15) is 5.10 Å². The van der Waals surface area contributed by atoms with E-state index in [-0.39, 0.29) is 11.5 Å². The largest absolute Gasteiger partial charge is 0.369 e. The van der Waals surface area contributed by atoms with Crippen molar-refractivity contribution in [2.45, 2.75) is 0 Å². The van der Waals surface area contributed by atoms with Gasteiger partial charge in [-0.05, 0) is 18.2 Å². The highest BCUT2D eigenvalue weighted by atomic mass is 19.1. The molecule has 6 heteroatoms. The van der Waals surface area contributed by atoms with Crippen molar-refractivity contribution in [1.82, 2.24) is 0 Å². The maximum atomic E-state index is 12.9. The zero-order valence-electron chi connectivity index (χ0n) is 7.11. The molecule has 1 aromatic carbocycles. The lowest BCUT2D eigenvalue weighted by Crippen LogP contribution is -2.21. The van der Waals surface area contributed by atoms with Gasteiger partial charge in [0.25, 0.3) is 0 Å². The highest BCUT2D eigenvalue weighted by molar-refractivity contribution is 5.81. The molecule has 14 heavy (non-hydrogen) atoms. The van der Waals surface area contributed by atoms with E-state index in [2.05, 4.69) is 10.2 Å². The van der Waals surface area contributed by atoms with E-state index in [1.165, 1.54) is 0 Å². The topological polar surface area (TPSA) is 76.8 Å². The van der Waals surface area contributed by atoms with Crippen LogP contribution in [0, 0.1) is 11.6 Å². The number of hydrogen-bond acceptors (Lipinski definition) is 2. The maximum Gasteiger partial charge on any atom is 0.211 e. The molecule has 4 nitrogen and oxygen atoms in total. The van der Waals surface area contributed by atoms with E-state index >= 15 is 0 Å². The monoisotopic (exact) mass is 198 g/mol. The highest BCUT2D eigenvalue weighted by Crippen LogP contribution is 2.06. The molecule has 0 aliphatic rings. The fourth-order valence-corrected chi connectivity index (χ4v) is 0.771. The van der Waals surface area contributed by atoms with Gasteiger partial charge in [0.1, 0.15) is 11.6 Å². The molecule has 0 heterocycles. The minimum Gasteiger partial charge on any atom is -0.369 e. The van der Waals surface area contributed by atoms with Crippen molar-refractivity contribution in [3.05, 3.63) is 35.4 Å². The van der Waals surface area contributed by atoms with Gasteiger partial charge in [-0.1, -0.05) is 0 Å². The smallest absolute Gasteiger partial charge is 0.211 e. The Bertz CT molecular complexity index is 383. The van der Waals surface area contributed by atoms with Gasteiger partial charge in [-0.15, -0.1) is 5.10 Å². The van der Waals surface area contributed by atoms with Gasteiger partial charge in [0.15, 0.2) is 0 Å². The second kappa shape index (κ2) is 4.31. The van der Waals surface area contributed by atoms with Crippen LogP contribution < -0.4 is 11.5 Å². The number of benzene rings is 1. The summed E-state index contributed by atoms with van der Waals surface area (Å²) in [6.45, 7) is 0. The summed E-state index contributed by atoms with van der Waals surface area (Å²) >= 11 is 0. The van der Waals surface area contributed by atoms with Gasteiger partial charge >= 0.3 is 0 Å². The molecule has 1 rings (SSSR count). The Labute approximate surface area is 78.9 Å². The molecule has 1 aromatic rings. The molecular weight excluding hydrogens is 190 g/mol. The molecule has 0 bridgehead atoms. The molecule has 4 N–H and O–H groups in total. The third-order valence-electron chi connectivity index (χ3n) is 1.33. The van der Waals surface area contributed by atoms with Crippen LogP contribution in [0.15, 0.2) is 28.4 Å². The lowest BCUT2D eigenvalue weighted by molar-refractivity contribution is 0.598. The third kappa shape index (κ3) is 2.81. The summed E-state index contributed by atoms with van der Waals surface area (Å²) in [4.78, 5) is 0. The first kappa shape index (κ1) is 10.1. The fourth-order valence-electron chi connectivity index (χ4n) is 0.771. The number of guanidine groups is 1. The molecule has 0 saturated carbocycles. The Morgan fingerprint density at radius 1 is 1.29 bits per heavy atom. The van der Waals surface area contributed by atoms with E-state index in [1.807, 2.05) is 0 Å². The van der Waals surface area contributed by atoms with Crippen LogP contribution in [-0.2, 0) is 0 Å². The summed E-state index contributed by atoms with van der Waals surface area (Å²) < 4.78 is 25.5. The second-order valence-electron chi connectivity index (χ2n) is 2.44. The average Bonchev–Trinajstić information content (AvgIpc) is 2.10. The molecule has 0 saturated heterocycles. The van der Waals surface area contributed by atoms with Crippen molar-refractivity contribution < 1.29 is 8.78 Å². The number of halogens is 2. The Kier molecular flexibility index (Phi) is 3.11. The molecule has 0 radical (unpaired) electrons. The molecule has 0 unspecified atom stereocenters. The standard InChI is InChI=1S/C8H8F2N4/c9-6-1-2-7(10)5(3-6)4-13-14-8(11)12/h1-4H,(H4,11,12,14). The molecule has 0 atom stereocenters. The van der Waals surface area contributed by atoms with E-state index in [4.69, 9.17) is 11.5 Å². The average molecular weight is 198 g/mol. The van der Waals surface area contributed by atoms with E-state index < -0.39 is 11.6 Å². The molecule has 0 aromatic heterocycles. The maximum absolute atomic E-state index is 12.9. The van der Waals surface area contributed by atoms with Crippen LogP contribution in [-0.4, -0.2) is 12.2 Å². The first-order valence-electron chi connectivity index (χ1n) is 3.66. The summed E-state index contributed by atoms with van der Waals surface area (Å²) in [5, 5.41) is 6.59. The second-order valence-corrected chi connectivity index (χ2v) is 2.44. The minimum atomic E-state index is -0.596. The third-order valence-corrected chi connectivity index (χ3v) is 1.33. The van der Waals surface area contributed by atoms with Crippen LogP contribution in [0.5, 0.6) is 0 Å². The molecule has 0 aliphatic carbocycles. The van der Waals surface area contributed by atoms with Gasteiger partial charge in [0.2, 0.25) is 5.96 Å². The van der Waals surface area contributed by atoms with Gasteiger partial charge in [-0.3, -0.25) is 0 Å². The van der Waals surface area contributed by atoms with Gasteiger partial charge in [-0.25, -0.2) is 8.78 Å². The number of nitrogens with two attached hydrogens (primary N) is 2. The number of rotatable bonds is 2. The Balaban J connectivity index is 2.91. The van der Waals surface area contributed by atoms with Gasteiger partial charge < -0.3 is 11.5 Å². The molecule has 0 fully saturated rings. The summed E-state index contributed by atoms with van der Waals surface area (Å²) in [6.07, 6.45) is 1.03. The van der Waals surface area contributed by atoms with Crippen molar-refractivity contribution in [3.63, 3.8) is 0 Å². The zero-order valence-corrected chi connectivity index (χ0v) is 7.11. The van der Waals surface area contributed by atoms with Crippen molar-refractivity contribution in [3.8, 4) is 0 Å².